The summed E-state index contributed by atoms with van der Waals surface area (Å²) < 4.78 is 27.5. The van der Waals surface area contributed by atoms with Gasteiger partial charge in [0.05, 0.1) is 12.0 Å². The highest BCUT2D eigenvalue weighted by Gasteiger charge is 2.39. The number of carboxylic acid groups (broad SMARTS) is 1. The van der Waals surface area contributed by atoms with Crippen molar-refractivity contribution in [2.45, 2.75) is 18.9 Å². The van der Waals surface area contributed by atoms with Gasteiger partial charge in [-0.25, -0.2) is 18.6 Å². The molecule has 2 amide bonds. The minimum atomic E-state index is -1.42. The van der Waals surface area contributed by atoms with Crippen molar-refractivity contribution in [3.63, 3.8) is 0 Å². The molecule has 7 nitrogen and oxygen atoms in total. The number of nitrogens with two attached hydrogens (primary N) is 1. The average Bonchev–Trinajstić information content (AvgIpc) is 2.41. The summed E-state index contributed by atoms with van der Waals surface area (Å²) in [7, 11) is 1.34. The molecule has 9 heteroatoms. The fourth-order valence-electron chi connectivity index (χ4n) is 2.23. The first kappa shape index (κ1) is 15.7. The predicted octanol–water partition coefficient (Wildman–Crippen LogP) is 1.25. The van der Waals surface area contributed by atoms with E-state index in [0.717, 1.165) is 17.0 Å². The molecule has 1 aliphatic rings. The lowest BCUT2D eigenvalue weighted by atomic mass is 9.87. The fourth-order valence-corrected chi connectivity index (χ4v) is 2.23. The minimum absolute atomic E-state index is 0.0856. The first-order chi connectivity index (χ1) is 10.2. The zero-order valence-electron chi connectivity index (χ0n) is 11.9. The van der Waals surface area contributed by atoms with Crippen LogP contribution < -0.4 is 11.1 Å². The van der Waals surface area contributed by atoms with E-state index in [2.05, 4.69) is 4.99 Å². The normalized spacial score (nSPS) is 21.5. The summed E-state index contributed by atoms with van der Waals surface area (Å²) in [4.78, 5) is 27.9. The van der Waals surface area contributed by atoms with Gasteiger partial charge < -0.3 is 10.8 Å². The SMILES string of the molecule is CN1C(=O)C[C@@](C)(c2ccc(F)c(N)c2F)N=C1NC(=O)O. The Bertz CT molecular complexity index is 692. The summed E-state index contributed by atoms with van der Waals surface area (Å²) in [6, 6.07) is 2.11. The summed E-state index contributed by atoms with van der Waals surface area (Å²) in [6.45, 7) is 1.44. The Morgan fingerprint density at radius 2 is 2.14 bits per heavy atom. The topological polar surface area (TPSA) is 108 Å². The number of carbonyl (C=O) groups is 2. The van der Waals surface area contributed by atoms with Crippen LogP contribution in [0.5, 0.6) is 0 Å². The van der Waals surface area contributed by atoms with E-state index < -0.39 is 34.9 Å². The van der Waals surface area contributed by atoms with Gasteiger partial charge in [0.25, 0.3) is 0 Å². The van der Waals surface area contributed by atoms with Gasteiger partial charge in [0.1, 0.15) is 11.5 Å². The Morgan fingerprint density at radius 3 is 2.73 bits per heavy atom. The number of aliphatic imine (C=N–C) groups is 1. The van der Waals surface area contributed by atoms with Gasteiger partial charge in [0.15, 0.2) is 5.82 Å². The number of carbonyl (C=O) groups excluding carboxylic acids is 1. The molecule has 1 aromatic carbocycles. The molecular weight excluding hydrogens is 298 g/mol. The third kappa shape index (κ3) is 2.57. The van der Waals surface area contributed by atoms with E-state index in [1.165, 1.54) is 14.0 Å². The molecular formula is C13H14F2N4O3. The van der Waals surface area contributed by atoms with Crippen LogP contribution in [0, 0.1) is 11.6 Å². The summed E-state index contributed by atoms with van der Waals surface area (Å²) in [5, 5.41) is 10.7. The number of nitrogens with one attached hydrogen (secondary N) is 1. The first-order valence-electron chi connectivity index (χ1n) is 6.26. The maximum atomic E-state index is 14.2. The van der Waals surface area contributed by atoms with Gasteiger partial charge in [-0.2, -0.15) is 0 Å². The Balaban J connectivity index is 2.57. The average molecular weight is 312 g/mol. The van der Waals surface area contributed by atoms with Crippen molar-refractivity contribution in [2.75, 3.05) is 12.8 Å². The van der Waals surface area contributed by atoms with Crippen molar-refractivity contribution in [1.82, 2.24) is 10.2 Å². The van der Waals surface area contributed by atoms with E-state index in [4.69, 9.17) is 10.8 Å². The van der Waals surface area contributed by atoms with Crippen molar-refractivity contribution in [3.8, 4) is 0 Å². The molecule has 118 valence electrons. The number of hydrogen-bond donors (Lipinski definition) is 3. The second-order valence-electron chi connectivity index (χ2n) is 5.09. The second kappa shape index (κ2) is 5.24. The highest BCUT2D eigenvalue weighted by atomic mass is 19.1. The third-order valence-electron chi connectivity index (χ3n) is 3.47. The van der Waals surface area contributed by atoms with Gasteiger partial charge in [-0.3, -0.25) is 15.0 Å². The summed E-state index contributed by atoms with van der Waals surface area (Å²) in [6.07, 6.45) is -1.63. The molecule has 0 saturated carbocycles. The van der Waals surface area contributed by atoms with Gasteiger partial charge in [-0.15, -0.1) is 0 Å². The van der Waals surface area contributed by atoms with Crippen LogP contribution in [0.15, 0.2) is 17.1 Å². The fraction of sp³-hybridized carbons (Fsp3) is 0.308. The number of halogens is 2. The maximum absolute atomic E-state index is 14.2. The molecule has 4 N–H and O–H groups in total. The monoisotopic (exact) mass is 312 g/mol. The number of amides is 2. The lowest BCUT2D eigenvalue weighted by Gasteiger charge is -2.34. The number of hydrogen-bond acceptors (Lipinski definition) is 4. The molecule has 1 aromatic rings. The van der Waals surface area contributed by atoms with Gasteiger partial charge >= 0.3 is 6.09 Å². The lowest BCUT2D eigenvalue weighted by molar-refractivity contribution is -0.128. The van der Waals surface area contributed by atoms with Gasteiger partial charge in [0, 0.05) is 12.6 Å². The number of nitrogen functional groups attached to an aromatic ring is 1. The molecule has 0 radical (unpaired) electrons. The largest absolute Gasteiger partial charge is 0.465 e. The molecule has 0 spiro atoms. The summed E-state index contributed by atoms with van der Waals surface area (Å²) >= 11 is 0. The quantitative estimate of drug-likeness (QED) is 0.678. The van der Waals surface area contributed by atoms with Crippen molar-refractivity contribution < 1.29 is 23.5 Å². The molecule has 0 fully saturated rings. The van der Waals surface area contributed by atoms with E-state index in [9.17, 15) is 18.4 Å². The van der Waals surface area contributed by atoms with E-state index in [1.807, 2.05) is 5.32 Å². The molecule has 0 bridgehead atoms. The van der Waals surface area contributed by atoms with Crippen LogP contribution in [-0.2, 0) is 10.3 Å². The number of nitrogens with zero attached hydrogens (tertiary/aromatic N) is 2. The van der Waals surface area contributed by atoms with Crippen LogP contribution in [0.3, 0.4) is 0 Å². The number of guanidine groups is 1. The zero-order valence-corrected chi connectivity index (χ0v) is 11.9. The zero-order chi connectivity index (χ0) is 16.7. The number of benzene rings is 1. The molecule has 0 saturated heterocycles. The molecule has 0 aromatic heterocycles. The minimum Gasteiger partial charge on any atom is -0.465 e. The highest BCUT2D eigenvalue weighted by Crippen LogP contribution is 2.36. The Labute approximate surface area is 124 Å². The van der Waals surface area contributed by atoms with E-state index in [0.29, 0.717) is 0 Å². The second-order valence-corrected chi connectivity index (χ2v) is 5.09. The summed E-state index contributed by atoms with van der Waals surface area (Å²) in [5.41, 5.74) is 3.17. The van der Waals surface area contributed by atoms with Crippen LogP contribution >= 0.6 is 0 Å². The van der Waals surface area contributed by atoms with Gasteiger partial charge in [-0.05, 0) is 13.0 Å². The van der Waals surface area contributed by atoms with Crippen molar-refractivity contribution in [2.24, 2.45) is 4.99 Å². The van der Waals surface area contributed by atoms with Crippen LogP contribution in [0.25, 0.3) is 0 Å². The van der Waals surface area contributed by atoms with E-state index in [1.54, 1.807) is 0 Å². The predicted molar refractivity (Wildman–Crippen MR) is 74.1 cm³/mol. The maximum Gasteiger partial charge on any atom is 0.411 e. The standard InChI is InChI=1S/C13H14F2N4O3/c1-13(6-3-4-7(14)10(16)9(6)15)5-8(20)19(2)11(18-13)17-12(21)22/h3-4H,5,16H2,1-2H3,(H,17,18)(H,21,22)/t13-/m0/s1. The summed E-state index contributed by atoms with van der Waals surface area (Å²) in [5.74, 6) is -2.65. The third-order valence-corrected chi connectivity index (χ3v) is 3.47. The van der Waals surface area contributed by atoms with Gasteiger partial charge in [-0.1, -0.05) is 6.07 Å². The first-order valence-corrected chi connectivity index (χ1v) is 6.26. The smallest absolute Gasteiger partial charge is 0.411 e. The molecule has 1 atom stereocenters. The molecule has 0 unspecified atom stereocenters. The van der Waals surface area contributed by atoms with E-state index >= 15 is 0 Å². The highest BCUT2D eigenvalue weighted by molar-refractivity contribution is 6.04. The number of rotatable bonds is 1. The lowest BCUT2D eigenvalue weighted by Crippen LogP contribution is -2.51. The van der Waals surface area contributed by atoms with Crippen LogP contribution in [-0.4, -0.2) is 35.0 Å². The van der Waals surface area contributed by atoms with Crippen molar-refractivity contribution in [3.05, 3.63) is 29.3 Å². The Hall–Kier alpha value is -2.71. The van der Waals surface area contributed by atoms with Gasteiger partial charge in [0.2, 0.25) is 11.9 Å². The van der Waals surface area contributed by atoms with Crippen LogP contribution in [0.1, 0.15) is 18.9 Å². The Morgan fingerprint density at radius 1 is 1.50 bits per heavy atom. The van der Waals surface area contributed by atoms with Crippen LogP contribution in [0.4, 0.5) is 19.3 Å². The van der Waals surface area contributed by atoms with Crippen molar-refractivity contribution >= 4 is 23.6 Å². The molecule has 22 heavy (non-hydrogen) atoms. The van der Waals surface area contributed by atoms with Crippen molar-refractivity contribution in [1.29, 1.82) is 0 Å². The molecule has 0 aliphatic carbocycles. The molecule has 1 heterocycles. The molecule has 1 aliphatic heterocycles. The van der Waals surface area contributed by atoms with Crippen LogP contribution in [0.2, 0.25) is 0 Å². The number of anilines is 1. The molecule has 2 rings (SSSR count). The Kier molecular flexibility index (Phi) is 3.74. The van der Waals surface area contributed by atoms with E-state index in [-0.39, 0.29) is 17.9 Å².